The maximum atomic E-state index is 13.2. The van der Waals surface area contributed by atoms with E-state index in [9.17, 15) is 18.0 Å². The van der Waals surface area contributed by atoms with Crippen molar-refractivity contribution in [1.82, 2.24) is 14.6 Å². The quantitative estimate of drug-likeness (QED) is 0.458. The van der Waals surface area contributed by atoms with Crippen LogP contribution >= 0.6 is 0 Å². The number of imidazole rings is 1. The van der Waals surface area contributed by atoms with Crippen molar-refractivity contribution < 1.29 is 18.0 Å². The van der Waals surface area contributed by atoms with Crippen LogP contribution < -0.4 is 5.32 Å². The van der Waals surface area contributed by atoms with E-state index in [1.54, 1.807) is 47.2 Å². The SMILES string of the molecule is Cc1ccc(C(=O)Nc2ccc(C#N)c(C(F)(F)F)c2)cc1C#Cc1cnc2cccnn12. The van der Waals surface area contributed by atoms with Crippen LogP contribution in [0.2, 0.25) is 0 Å². The number of nitriles is 1. The summed E-state index contributed by atoms with van der Waals surface area (Å²) < 4.78 is 41.1. The number of anilines is 1. The van der Waals surface area contributed by atoms with Crippen LogP contribution in [0.4, 0.5) is 18.9 Å². The molecular formula is C24H14F3N5O. The molecular weight excluding hydrogens is 431 g/mol. The summed E-state index contributed by atoms with van der Waals surface area (Å²) in [5, 5.41) is 15.5. The van der Waals surface area contributed by atoms with Crippen LogP contribution in [0.3, 0.4) is 0 Å². The zero-order chi connectivity index (χ0) is 23.6. The summed E-state index contributed by atoms with van der Waals surface area (Å²) in [4.78, 5) is 16.9. The lowest BCUT2D eigenvalue weighted by molar-refractivity contribution is -0.137. The molecule has 0 fully saturated rings. The van der Waals surface area contributed by atoms with Crippen molar-refractivity contribution in [3.05, 3.63) is 94.4 Å². The van der Waals surface area contributed by atoms with E-state index in [-0.39, 0.29) is 11.3 Å². The van der Waals surface area contributed by atoms with E-state index < -0.39 is 23.2 Å². The second-order valence-corrected chi connectivity index (χ2v) is 7.04. The van der Waals surface area contributed by atoms with Gasteiger partial charge in [0.2, 0.25) is 0 Å². The maximum Gasteiger partial charge on any atom is 0.417 e. The lowest BCUT2D eigenvalue weighted by Crippen LogP contribution is -2.14. The van der Waals surface area contributed by atoms with Gasteiger partial charge in [-0.15, -0.1) is 0 Å². The van der Waals surface area contributed by atoms with Gasteiger partial charge >= 0.3 is 6.18 Å². The number of hydrogen-bond donors (Lipinski definition) is 1. The van der Waals surface area contributed by atoms with Crippen molar-refractivity contribution in [2.75, 3.05) is 5.32 Å². The largest absolute Gasteiger partial charge is 0.417 e. The van der Waals surface area contributed by atoms with Gasteiger partial charge in [-0.3, -0.25) is 4.79 Å². The molecule has 33 heavy (non-hydrogen) atoms. The number of aryl methyl sites for hydroxylation is 1. The molecule has 0 aliphatic heterocycles. The Balaban J connectivity index is 1.61. The van der Waals surface area contributed by atoms with Crippen molar-refractivity contribution in [1.29, 1.82) is 5.26 Å². The molecule has 0 radical (unpaired) electrons. The number of halogens is 3. The van der Waals surface area contributed by atoms with E-state index in [0.717, 1.165) is 17.7 Å². The molecule has 4 rings (SSSR count). The Morgan fingerprint density at radius 1 is 1.09 bits per heavy atom. The predicted octanol–water partition coefficient (Wildman–Crippen LogP) is 4.58. The summed E-state index contributed by atoms with van der Waals surface area (Å²) in [5.41, 5.74) is 1.12. The van der Waals surface area contributed by atoms with E-state index in [1.807, 2.05) is 6.92 Å². The first-order chi connectivity index (χ1) is 15.8. The molecule has 0 saturated carbocycles. The topological polar surface area (TPSA) is 83.1 Å². The minimum absolute atomic E-state index is 0.0728. The van der Waals surface area contributed by atoms with Crippen molar-refractivity contribution in [2.45, 2.75) is 13.1 Å². The summed E-state index contributed by atoms with van der Waals surface area (Å²) in [6.45, 7) is 1.83. The Labute approximate surface area is 186 Å². The number of nitrogens with one attached hydrogen (secondary N) is 1. The standard InChI is InChI=1S/C24H14F3N5O/c1-15-4-5-17(11-16(15)7-9-20-14-29-22-3-2-10-30-32(20)22)23(33)31-19-8-6-18(13-28)21(12-19)24(25,26)27/h2-6,8,10-12,14H,1H3,(H,31,33). The molecule has 2 aromatic heterocycles. The molecule has 0 aliphatic rings. The van der Waals surface area contributed by atoms with Crippen LogP contribution in [0.15, 0.2) is 60.9 Å². The molecule has 6 nitrogen and oxygen atoms in total. The zero-order valence-corrected chi connectivity index (χ0v) is 17.1. The van der Waals surface area contributed by atoms with Gasteiger partial charge in [0, 0.05) is 23.0 Å². The lowest BCUT2D eigenvalue weighted by Gasteiger charge is -2.12. The summed E-state index contributed by atoms with van der Waals surface area (Å²) in [7, 11) is 0. The van der Waals surface area contributed by atoms with E-state index in [1.165, 1.54) is 12.1 Å². The van der Waals surface area contributed by atoms with Crippen molar-refractivity contribution in [3.8, 4) is 17.9 Å². The summed E-state index contributed by atoms with van der Waals surface area (Å²) >= 11 is 0. The smallest absolute Gasteiger partial charge is 0.322 e. The number of nitrogens with zero attached hydrogens (tertiary/aromatic N) is 4. The fourth-order valence-electron chi connectivity index (χ4n) is 3.10. The molecule has 9 heteroatoms. The Morgan fingerprint density at radius 2 is 1.91 bits per heavy atom. The highest BCUT2D eigenvalue weighted by Gasteiger charge is 2.34. The number of amides is 1. The summed E-state index contributed by atoms with van der Waals surface area (Å²) in [5.74, 6) is 5.37. The van der Waals surface area contributed by atoms with Crippen LogP contribution in [0.5, 0.6) is 0 Å². The third kappa shape index (κ3) is 4.53. The predicted molar refractivity (Wildman–Crippen MR) is 114 cm³/mol. The van der Waals surface area contributed by atoms with Gasteiger partial charge < -0.3 is 5.32 Å². The number of rotatable bonds is 2. The second-order valence-electron chi connectivity index (χ2n) is 7.04. The molecule has 0 aliphatic carbocycles. The van der Waals surface area contributed by atoms with E-state index in [0.29, 0.717) is 16.9 Å². The monoisotopic (exact) mass is 445 g/mol. The highest BCUT2D eigenvalue weighted by Crippen LogP contribution is 2.33. The number of carbonyl (C=O) groups is 1. The first-order valence-electron chi connectivity index (χ1n) is 9.60. The van der Waals surface area contributed by atoms with Gasteiger partial charge in [0.05, 0.1) is 23.4 Å². The molecule has 0 bridgehead atoms. The third-order valence-electron chi connectivity index (χ3n) is 4.81. The van der Waals surface area contributed by atoms with Gasteiger partial charge in [0.25, 0.3) is 5.91 Å². The molecule has 2 heterocycles. The van der Waals surface area contributed by atoms with Gasteiger partial charge in [-0.2, -0.15) is 23.5 Å². The van der Waals surface area contributed by atoms with Crippen LogP contribution in [0.1, 0.15) is 38.3 Å². The number of fused-ring (bicyclic) bond motifs is 1. The Hall–Kier alpha value is -4.63. The second kappa shape index (κ2) is 8.48. The van der Waals surface area contributed by atoms with Gasteiger partial charge in [0.1, 0.15) is 5.69 Å². The van der Waals surface area contributed by atoms with Crippen LogP contribution in [-0.4, -0.2) is 20.5 Å². The Bertz CT molecular complexity index is 1490. The minimum Gasteiger partial charge on any atom is -0.322 e. The number of aromatic nitrogens is 3. The highest BCUT2D eigenvalue weighted by atomic mass is 19.4. The van der Waals surface area contributed by atoms with Crippen LogP contribution in [0, 0.1) is 30.1 Å². The molecule has 1 amide bonds. The molecule has 0 spiro atoms. The summed E-state index contributed by atoms with van der Waals surface area (Å²) in [6.07, 6.45) is -1.51. The van der Waals surface area contributed by atoms with Gasteiger partial charge in [-0.25, -0.2) is 9.50 Å². The fourth-order valence-corrected chi connectivity index (χ4v) is 3.10. The normalized spacial score (nSPS) is 10.9. The van der Waals surface area contributed by atoms with Gasteiger partial charge in [-0.05, 0) is 60.9 Å². The molecule has 2 aromatic carbocycles. The third-order valence-corrected chi connectivity index (χ3v) is 4.81. The fraction of sp³-hybridized carbons (Fsp3) is 0.0833. The molecule has 4 aromatic rings. The molecule has 162 valence electrons. The molecule has 0 atom stereocenters. The van der Waals surface area contributed by atoms with E-state index in [2.05, 4.69) is 27.2 Å². The van der Waals surface area contributed by atoms with Crippen LogP contribution in [-0.2, 0) is 6.18 Å². The van der Waals surface area contributed by atoms with Crippen LogP contribution in [0.25, 0.3) is 5.65 Å². The molecule has 0 unspecified atom stereocenters. The number of benzene rings is 2. The molecule has 1 N–H and O–H groups in total. The van der Waals surface area contributed by atoms with Crippen molar-refractivity contribution >= 4 is 17.2 Å². The average molecular weight is 445 g/mol. The minimum atomic E-state index is -4.72. The zero-order valence-electron chi connectivity index (χ0n) is 17.1. The maximum absolute atomic E-state index is 13.2. The van der Waals surface area contributed by atoms with Crippen molar-refractivity contribution in [3.63, 3.8) is 0 Å². The van der Waals surface area contributed by atoms with Gasteiger partial charge in [-0.1, -0.05) is 12.0 Å². The number of hydrogen-bond acceptors (Lipinski definition) is 4. The number of carbonyl (C=O) groups excluding carboxylic acids is 1. The van der Waals surface area contributed by atoms with E-state index >= 15 is 0 Å². The highest BCUT2D eigenvalue weighted by molar-refractivity contribution is 6.04. The Kier molecular flexibility index (Phi) is 5.55. The Morgan fingerprint density at radius 3 is 2.67 bits per heavy atom. The first-order valence-corrected chi connectivity index (χ1v) is 9.60. The summed E-state index contributed by atoms with van der Waals surface area (Å²) in [6, 6.07) is 12.9. The first kappa shape index (κ1) is 21.6. The average Bonchev–Trinajstić information content (AvgIpc) is 3.21. The van der Waals surface area contributed by atoms with E-state index in [4.69, 9.17) is 5.26 Å². The molecule has 0 saturated heterocycles. The van der Waals surface area contributed by atoms with Crippen molar-refractivity contribution in [2.24, 2.45) is 0 Å². The van der Waals surface area contributed by atoms with Gasteiger partial charge in [0.15, 0.2) is 5.65 Å². The number of alkyl halides is 3. The lowest BCUT2D eigenvalue weighted by atomic mass is 10.0.